The Morgan fingerprint density at radius 2 is 2.08 bits per heavy atom. The van der Waals surface area contributed by atoms with E-state index >= 15 is 0 Å². The molecule has 0 fully saturated rings. The topological polar surface area (TPSA) is 46.0 Å². The lowest BCUT2D eigenvalue weighted by Gasteiger charge is -2.19. The monoisotopic (exact) mass is 198 g/mol. The van der Waals surface area contributed by atoms with Crippen LogP contribution in [0.5, 0.6) is 0 Å². The SMILES string of the molecule is CCC(C)(O)CSc1ncccn1. The van der Waals surface area contributed by atoms with Gasteiger partial charge in [0.25, 0.3) is 0 Å². The summed E-state index contributed by atoms with van der Waals surface area (Å²) < 4.78 is 0. The van der Waals surface area contributed by atoms with E-state index in [2.05, 4.69) is 9.97 Å². The molecule has 0 bridgehead atoms. The second kappa shape index (κ2) is 4.58. The van der Waals surface area contributed by atoms with Gasteiger partial charge in [0.15, 0.2) is 5.16 Å². The lowest BCUT2D eigenvalue weighted by molar-refractivity contribution is 0.0815. The molecule has 0 aromatic carbocycles. The molecule has 0 saturated carbocycles. The fourth-order valence-corrected chi connectivity index (χ4v) is 1.60. The molecule has 3 nitrogen and oxygen atoms in total. The average Bonchev–Trinajstić information content (AvgIpc) is 2.17. The maximum Gasteiger partial charge on any atom is 0.187 e. The Kier molecular flexibility index (Phi) is 3.69. The average molecular weight is 198 g/mol. The largest absolute Gasteiger partial charge is 0.389 e. The smallest absolute Gasteiger partial charge is 0.187 e. The van der Waals surface area contributed by atoms with Gasteiger partial charge < -0.3 is 5.11 Å². The van der Waals surface area contributed by atoms with Crippen molar-refractivity contribution in [3.05, 3.63) is 18.5 Å². The molecule has 0 amide bonds. The van der Waals surface area contributed by atoms with Crippen molar-refractivity contribution in [2.24, 2.45) is 0 Å². The van der Waals surface area contributed by atoms with Crippen LogP contribution in [0.25, 0.3) is 0 Å². The third-order valence-corrected chi connectivity index (χ3v) is 3.05. The minimum absolute atomic E-state index is 0.621. The van der Waals surface area contributed by atoms with Gasteiger partial charge in [0.05, 0.1) is 5.60 Å². The van der Waals surface area contributed by atoms with Crippen LogP contribution in [0.15, 0.2) is 23.6 Å². The molecule has 4 heteroatoms. The summed E-state index contributed by atoms with van der Waals surface area (Å²) >= 11 is 1.48. The summed E-state index contributed by atoms with van der Waals surface area (Å²) in [7, 11) is 0. The van der Waals surface area contributed by atoms with E-state index in [1.54, 1.807) is 18.5 Å². The van der Waals surface area contributed by atoms with Gasteiger partial charge in [-0.1, -0.05) is 18.7 Å². The highest BCUT2D eigenvalue weighted by atomic mass is 32.2. The first-order valence-corrected chi connectivity index (χ1v) is 5.25. The molecule has 13 heavy (non-hydrogen) atoms. The van der Waals surface area contributed by atoms with Crippen molar-refractivity contribution in [3.63, 3.8) is 0 Å². The molecule has 1 aromatic heterocycles. The molecule has 1 rings (SSSR count). The fourth-order valence-electron chi connectivity index (χ4n) is 0.682. The van der Waals surface area contributed by atoms with Gasteiger partial charge in [-0.2, -0.15) is 0 Å². The first-order chi connectivity index (χ1) is 6.14. The summed E-state index contributed by atoms with van der Waals surface area (Å²) in [5.74, 6) is 0.632. The van der Waals surface area contributed by atoms with Gasteiger partial charge in [-0.25, -0.2) is 9.97 Å². The van der Waals surface area contributed by atoms with Crippen LogP contribution < -0.4 is 0 Å². The van der Waals surface area contributed by atoms with Crippen LogP contribution in [-0.4, -0.2) is 26.4 Å². The summed E-state index contributed by atoms with van der Waals surface area (Å²) in [6.07, 6.45) is 4.15. The number of thioether (sulfide) groups is 1. The van der Waals surface area contributed by atoms with E-state index in [1.807, 2.05) is 13.8 Å². The van der Waals surface area contributed by atoms with Crippen molar-refractivity contribution in [2.45, 2.75) is 31.0 Å². The Morgan fingerprint density at radius 3 is 2.62 bits per heavy atom. The first-order valence-electron chi connectivity index (χ1n) is 4.26. The molecule has 1 N–H and O–H groups in total. The van der Waals surface area contributed by atoms with Gasteiger partial charge in [0.1, 0.15) is 0 Å². The van der Waals surface area contributed by atoms with E-state index in [1.165, 1.54) is 11.8 Å². The van der Waals surface area contributed by atoms with Crippen LogP contribution in [0.1, 0.15) is 20.3 Å². The van der Waals surface area contributed by atoms with Gasteiger partial charge in [0.2, 0.25) is 0 Å². The number of aliphatic hydroxyl groups is 1. The number of hydrogen-bond acceptors (Lipinski definition) is 4. The quantitative estimate of drug-likeness (QED) is 0.591. The van der Waals surface area contributed by atoms with E-state index in [0.29, 0.717) is 5.75 Å². The lowest BCUT2D eigenvalue weighted by atomic mass is 10.1. The number of rotatable bonds is 4. The highest BCUT2D eigenvalue weighted by molar-refractivity contribution is 7.99. The molecule has 0 aliphatic heterocycles. The second-order valence-corrected chi connectivity index (χ2v) is 4.11. The van der Waals surface area contributed by atoms with Crippen molar-refractivity contribution < 1.29 is 5.11 Å². The highest BCUT2D eigenvalue weighted by Crippen LogP contribution is 2.20. The van der Waals surface area contributed by atoms with Crippen molar-refractivity contribution >= 4 is 11.8 Å². The second-order valence-electron chi connectivity index (χ2n) is 3.17. The van der Waals surface area contributed by atoms with E-state index < -0.39 is 5.60 Å². The molecular formula is C9H14N2OS. The Hall–Kier alpha value is -0.610. The molecule has 72 valence electrons. The van der Waals surface area contributed by atoms with E-state index in [9.17, 15) is 5.11 Å². The van der Waals surface area contributed by atoms with Crippen LogP contribution in [0, 0.1) is 0 Å². The minimum Gasteiger partial charge on any atom is -0.389 e. The van der Waals surface area contributed by atoms with Crippen LogP contribution in [0.3, 0.4) is 0 Å². The molecule has 0 saturated heterocycles. The maximum absolute atomic E-state index is 9.71. The molecule has 1 unspecified atom stereocenters. The standard InChI is InChI=1S/C9H14N2OS/c1-3-9(2,12)7-13-8-10-5-4-6-11-8/h4-6,12H,3,7H2,1-2H3. The van der Waals surface area contributed by atoms with Crippen molar-refractivity contribution in [1.29, 1.82) is 0 Å². The maximum atomic E-state index is 9.71. The number of hydrogen-bond donors (Lipinski definition) is 1. The van der Waals surface area contributed by atoms with E-state index in [0.717, 1.165) is 11.6 Å². The van der Waals surface area contributed by atoms with Crippen LogP contribution in [0.2, 0.25) is 0 Å². The normalized spacial score (nSPS) is 15.3. The van der Waals surface area contributed by atoms with Crippen molar-refractivity contribution in [2.75, 3.05) is 5.75 Å². The number of aromatic nitrogens is 2. The Labute approximate surface area is 82.6 Å². The molecule has 1 atom stereocenters. The van der Waals surface area contributed by atoms with Gasteiger partial charge in [-0.3, -0.25) is 0 Å². The molecule has 1 heterocycles. The Balaban J connectivity index is 2.44. The number of nitrogens with zero attached hydrogens (tertiary/aromatic N) is 2. The summed E-state index contributed by atoms with van der Waals surface area (Å²) in [4.78, 5) is 8.11. The van der Waals surface area contributed by atoms with Crippen molar-refractivity contribution in [3.8, 4) is 0 Å². The van der Waals surface area contributed by atoms with Crippen LogP contribution >= 0.6 is 11.8 Å². The molecular weight excluding hydrogens is 184 g/mol. The fraction of sp³-hybridized carbons (Fsp3) is 0.556. The molecule has 0 radical (unpaired) electrons. The Morgan fingerprint density at radius 1 is 1.46 bits per heavy atom. The zero-order chi connectivity index (χ0) is 9.73. The predicted octanol–water partition coefficient (Wildman–Crippen LogP) is 1.73. The minimum atomic E-state index is -0.621. The van der Waals surface area contributed by atoms with Gasteiger partial charge >= 0.3 is 0 Å². The zero-order valence-corrected chi connectivity index (χ0v) is 8.71. The third kappa shape index (κ3) is 3.74. The van der Waals surface area contributed by atoms with Gasteiger partial charge in [-0.15, -0.1) is 0 Å². The summed E-state index contributed by atoms with van der Waals surface area (Å²) in [5, 5.41) is 10.4. The van der Waals surface area contributed by atoms with Gasteiger partial charge in [-0.05, 0) is 19.4 Å². The zero-order valence-electron chi connectivity index (χ0n) is 7.90. The van der Waals surface area contributed by atoms with E-state index in [-0.39, 0.29) is 0 Å². The Bertz CT molecular complexity index is 251. The third-order valence-electron chi connectivity index (χ3n) is 1.82. The van der Waals surface area contributed by atoms with E-state index in [4.69, 9.17) is 0 Å². The van der Waals surface area contributed by atoms with Crippen LogP contribution in [0.4, 0.5) is 0 Å². The molecule has 0 spiro atoms. The summed E-state index contributed by atoms with van der Waals surface area (Å²) in [6, 6.07) is 1.78. The summed E-state index contributed by atoms with van der Waals surface area (Å²) in [5.41, 5.74) is -0.621. The van der Waals surface area contributed by atoms with Crippen LogP contribution in [-0.2, 0) is 0 Å². The molecule has 1 aromatic rings. The van der Waals surface area contributed by atoms with Crippen molar-refractivity contribution in [1.82, 2.24) is 9.97 Å². The molecule has 0 aliphatic rings. The lowest BCUT2D eigenvalue weighted by Crippen LogP contribution is -2.25. The van der Waals surface area contributed by atoms with Gasteiger partial charge in [0, 0.05) is 18.1 Å². The summed E-state index contributed by atoms with van der Waals surface area (Å²) in [6.45, 7) is 3.79. The predicted molar refractivity (Wildman–Crippen MR) is 53.7 cm³/mol. The highest BCUT2D eigenvalue weighted by Gasteiger charge is 2.17. The first kappa shape index (κ1) is 10.5. The molecule has 0 aliphatic carbocycles.